The Kier molecular flexibility index (Phi) is 9.48. The van der Waals surface area contributed by atoms with Gasteiger partial charge in [-0.25, -0.2) is 0 Å². The highest BCUT2D eigenvalue weighted by molar-refractivity contribution is 6.32. The van der Waals surface area contributed by atoms with Crippen molar-refractivity contribution >= 4 is 29.1 Å². The molecule has 0 spiro atoms. The second-order valence-electron chi connectivity index (χ2n) is 6.59. The molecule has 0 saturated heterocycles. The number of para-hydroxylation sites is 1. The van der Waals surface area contributed by atoms with Crippen molar-refractivity contribution in [3.63, 3.8) is 0 Å². The Morgan fingerprint density at radius 2 is 1.73 bits per heavy atom. The summed E-state index contributed by atoms with van der Waals surface area (Å²) in [5, 5.41) is 3.17. The van der Waals surface area contributed by atoms with Crippen LogP contribution in [0.4, 0.5) is 5.69 Å². The molecule has 0 aliphatic carbocycles. The number of amides is 2. The molecule has 7 heteroatoms. The van der Waals surface area contributed by atoms with Crippen molar-refractivity contribution < 1.29 is 19.1 Å². The molecule has 0 fully saturated rings. The maximum absolute atomic E-state index is 12.3. The van der Waals surface area contributed by atoms with Crippen LogP contribution in [0.25, 0.3) is 0 Å². The first-order valence-electron chi connectivity index (χ1n) is 10.2. The second kappa shape index (κ2) is 12.1. The molecular formula is C23H29ClN2O4. The van der Waals surface area contributed by atoms with Gasteiger partial charge in [0.1, 0.15) is 11.5 Å². The first-order chi connectivity index (χ1) is 14.5. The van der Waals surface area contributed by atoms with Crippen LogP contribution in [-0.2, 0) is 16.0 Å². The number of carbonyl (C=O) groups is 2. The lowest BCUT2D eigenvalue weighted by atomic mass is 10.1. The number of carbonyl (C=O) groups excluding carboxylic acids is 2. The summed E-state index contributed by atoms with van der Waals surface area (Å²) in [6, 6.07) is 12.7. The Morgan fingerprint density at radius 1 is 1.00 bits per heavy atom. The lowest BCUT2D eigenvalue weighted by Gasteiger charge is -2.19. The number of rotatable bonds is 11. The number of halogens is 1. The summed E-state index contributed by atoms with van der Waals surface area (Å²) in [5.74, 6) is 0.987. The number of anilines is 1. The summed E-state index contributed by atoms with van der Waals surface area (Å²) in [7, 11) is 0. The Balaban J connectivity index is 1.89. The molecule has 30 heavy (non-hydrogen) atoms. The van der Waals surface area contributed by atoms with E-state index in [2.05, 4.69) is 5.32 Å². The van der Waals surface area contributed by atoms with Gasteiger partial charge in [0.15, 0.2) is 6.61 Å². The lowest BCUT2D eigenvalue weighted by Crippen LogP contribution is -2.34. The number of likely N-dealkylation sites (N-methyl/N-ethyl adjacent to an activating group) is 1. The highest BCUT2D eigenvalue weighted by Gasteiger charge is 2.13. The summed E-state index contributed by atoms with van der Waals surface area (Å²) < 4.78 is 11.1. The van der Waals surface area contributed by atoms with Crippen LogP contribution in [0.3, 0.4) is 0 Å². The normalized spacial score (nSPS) is 10.4. The molecule has 2 aromatic carbocycles. The summed E-state index contributed by atoms with van der Waals surface area (Å²) in [6.45, 7) is 7.53. The third-order valence-corrected chi connectivity index (χ3v) is 4.87. The zero-order valence-corrected chi connectivity index (χ0v) is 18.5. The molecule has 6 nitrogen and oxygen atoms in total. The summed E-state index contributed by atoms with van der Waals surface area (Å²) in [6.07, 6.45) is 0.892. The number of hydrogen-bond acceptors (Lipinski definition) is 4. The first kappa shape index (κ1) is 23.5. The third-order valence-electron chi connectivity index (χ3n) is 4.58. The van der Waals surface area contributed by atoms with Crippen LogP contribution in [-0.4, -0.2) is 43.0 Å². The maximum Gasteiger partial charge on any atom is 0.260 e. The molecule has 0 unspecified atom stereocenters. The van der Waals surface area contributed by atoms with Crippen molar-refractivity contribution in [3.8, 4) is 11.5 Å². The van der Waals surface area contributed by atoms with E-state index >= 15 is 0 Å². The second-order valence-corrected chi connectivity index (χ2v) is 7.00. The van der Waals surface area contributed by atoms with E-state index in [1.807, 2.05) is 45.0 Å². The smallest absolute Gasteiger partial charge is 0.260 e. The van der Waals surface area contributed by atoms with Crippen LogP contribution in [0.1, 0.15) is 32.8 Å². The highest BCUT2D eigenvalue weighted by atomic mass is 35.5. The van der Waals surface area contributed by atoms with Gasteiger partial charge in [-0.3, -0.25) is 9.59 Å². The van der Waals surface area contributed by atoms with Crippen LogP contribution in [0.5, 0.6) is 11.5 Å². The number of benzene rings is 2. The van der Waals surface area contributed by atoms with Crippen LogP contribution >= 0.6 is 11.6 Å². The summed E-state index contributed by atoms with van der Waals surface area (Å²) in [4.78, 5) is 26.1. The average molecular weight is 433 g/mol. The van der Waals surface area contributed by atoms with Crippen molar-refractivity contribution in [2.45, 2.75) is 33.6 Å². The van der Waals surface area contributed by atoms with E-state index in [-0.39, 0.29) is 18.4 Å². The van der Waals surface area contributed by atoms with Gasteiger partial charge in [-0.2, -0.15) is 0 Å². The van der Waals surface area contributed by atoms with Crippen molar-refractivity contribution in [2.75, 3.05) is 31.6 Å². The zero-order valence-electron chi connectivity index (χ0n) is 17.7. The van der Waals surface area contributed by atoms with Crippen LogP contribution < -0.4 is 14.8 Å². The fourth-order valence-corrected chi connectivity index (χ4v) is 3.22. The van der Waals surface area contributed by atoms with Gasteiger partial charge < -0.3 is 19.7 Å². The molecule has 0 heterocycles. The Bertz CT molecular complexity index is 853. The maximum atomic E-state index is 12.3. The van der Waals surface area contributed by atoms with Gasteiger partial charge in [-0.1, -0.05) is 29.8 Å². The van der Waals surface area contributed by atoms with E-state index in [0.29, 0.717) is 49.0 Å². The van der Waals surface area contributed by atoms with Gasteiger partial charge in [0.2, 0.25) is 5.91 Å². The van der Waals surface area contributed by atoms with Crippen molar-refractivity contribution in [1.82, 2.24) is 4.90 Å². The number of nitrogens with one attached hydrogen (secondary N) is 1. The quantitative estimate of drug-likeness (QED) is 0.565. The van der Waals surface area contributed by atoms with Gasteiger partial charge in [0.05, 0.1) is 11.6 Å². The monoisotopic (exact) mass is 432 g/mol. The molecule has 0 radical (unpaired) electrons. The summed E-state index contributed by atoms with van der Waals surface area (Å²) >= 11 is 6.25. The minimum atomic E-state index is -0.122. The van der Waals surface area contributed by atoms with E-state index in [9.17, 15) is 9.59 Å². The molecule has 2 rings (SSSR count). The Labute approximate surface area is 183 Å². The molecule has 0 bridgehead atoms. The van der Waals surface area contributed by atoms with E-state index < -0.39 is 0 Å². The van der Waals surface area contributed by atoms with Crippen LogP contribution in [0.2, 0.25) is 5.02 Å². The van der Waals surface area contributed by atoms with E-state index in [0.717, 1.165) is 11.3 Å². The molecular weight excluding hydrogens is 404 g/mol. The Hall–Kier alpha value is -2.73. The molecule has 0 aliphatic rings. The van der Waals surface area contributed by atoms with Gasteiger partial charge in [-0.05, 0) is 57.0 Å². The van der Waals surface area contributed by atoms with Gasteiger partial charge in [0, 0.05) is 25.2 Å². The molecule has 0 atom stereocenters. The largest absolute Gasteiger partial charge is 0.494 e. The predicted octanol–water partition coefficient (Wildman–Crippen LogP) is 4.56. The van der Waals surface area contributed by atoms with E-state index in [1.54, 1.807) is 23.1 Å². The number of ether oxygens (including phenoxy) is 2. The lowest BCUT2D eigenvalue weighted by molar-refractivity contribution is -0.133. The number of aryl methyl sites for hydroxylation is 1. The fourth-order valence-electron chi connectivity index (χ4n) is 2.98. The standard InChI is InChI=1S/C23H29ClN2O4/c1-4-26(5-2)23(28)16-30-21-13-12-18(15-19(21)24)25-22(27)14-11-17-9-7-8-10-20(17)29-6-3/h7-10,12-13,15H,4-6,11,14,16H2,1-3H3,(H,25,27). The van der Waals surface area contributed by atoms with Crippen molar-refractivity contribution in [2.24, 2.45) is 0 Å². The van der Waals surface area contributed by atoms with Gasteiger partial charge in [0.25, 0.3) is 5.91 Å². The molecule has 2 aromatic rings. The zero-order chi connectivity index (χ0) is 21.9. The SMILES string of the molecule is CCOc1ccccc1CCC(=O)Nc1ccc(OCC(=O)N(CC)CC)c(Cl)c1. The molecule has 0 saturated carbocycles. The molecule has 2 amide bonds. The minimum absolute atomic E-state index is 0.0770. The molecule has 0 aromatic heterocycles. The van der Waals surface area contributed by atoms with Crippen LogP contribution in [0.15, 0.2) is 42.5 Å². The van der Waals surface area contributed by atoms with Crippen molar-refractivity contribution in [3.05, 3.63) is 53.1 Å². The first-order valence-corrected chi connectivity index (χ1v) is 10.6. The average Bonchev–Trinajstić information content (AvgIpc) is 2.73. The minimum Gasteiger partial charge on any atom is -0.494 e. The number of nitrogens with zero attached hydrogens (tertiary/aromatic N) is 1. The van der Waals surface area contributed by atoms with Gasteiger partial charge in [-0.15, -0.1) is 0 Å². The topological polar surface area (TPSA) is 67.9 Å². The molecule has 1 N–H and O–H groups in total. The summed E-state index contributed by atoms with van der Waals surface area (Å²) in [5.41, 5.74) is 1.57. The predicted molar refractivity (Wildman–Crippen MR) is 119 cm³/mol. The number of hydrogen-bond donors (Lipinski definition) is 1. The Morgan fingerprint density at radius 3 is 2.40 bits per heavy atom. The third kappa shape index (κ3) is 6.95. The van der Waals surface area contributed by atoms with Crippen molar-refractivity contribution in [1.29, 1.82) is 0 Å². The fraction of sp³-hybridized carbons (Fsp3) is 0.391. The van der Waals surface area contributed by atoms with E-state index in [4.69, 9.17) is 21.1 Å². The molecule has 0 aliphatic heterocycles. The highest BCUT2D eigenvalue weighted by Crippen LogP contribution is 2.28. The van der Waals surface area contributed by atoms with Crippen LogP contribution in [0, 0.1) is 0 Å². The van der Waals surface area contributed by atoms with E-state index in [1.165, 1.54) is 0 Å². The molecule has 162 valence electrons. The van der Waals surface area contributed by atoms with Gasteiger partial charge >= 0.3 is 0 Å².